The molecule has 0 spiro atoms. The maximum absolute atomic E-state index is 13.3. The van der Waals surface area contributed by atoms with E-state index in [9.17, 15) is 29.3 Å². The topological polar surface area (TPSA) is 125 Å². The monoisotopic (exact) mass is 469 g/mol. The number of pyridine rings is 2. The fourth-order valence-electron chi connectivity index (χ4n) is 4.42. The van der Waals surface area contributed by atoms with Crippen molar-refractivity contribution in [3.05, 3.63) is 58.3 Å². The molecule has 34 heavy (non-hydrogen) atoms. The van der Waals surface area contributed by atoms with Gasteiger partial charge in [-0.1, -0.05) is 19.1 Å². The number of nitrogens with one attached hydrogen (secondary N) is 1. The summed E-state index contributed by atoms with van der Waals surface area (Å²) in [4.78, 5) is 30.7. The van der Waals surface area contributed by atoms with Crippen molar-refractivity contribution in [2.75, 3.05) is 6.61 Å². The first-order chi connectivity index (χ1) is 16.3. The van der Waals surface area contributed by atoms with Gasteiger partial charge < -0.3 is 20.6 Å². The summed E-state index contributed by atoms with van der Waals surface area (Å²) < 4.78 is 14.4. The zero-order valence-corrected chi connectivity index (χ0v) is 18.9. The van der Waals surface area contributed by atoms with Gasteiger partial charge in [-0.25, -0.2) is 9.37 Å². The van der Waals surface area contributed by atoms with Crippen molar-refractivity contribution in [3.63, 3.8) is 0 Å². The number of aromatic nitrogens is 2. The van der Waals surface area contributed by atoms with Crippen LogP contribution in [-0.4, -0.2) is 49.5 Å². The van der Waals surface area contributed by atoms with E-state index in [4.69, 9.17) is 0 Å². The number of aliphatic hydroxyl groups is 2. The lowest BCUT2D eigenvalue weighted by Gasteiger charge is -2.27. The van der Waals surface area contributed by atoms with Crippen LogP contribution in [0.4, 0.5) is 4.39 Å². The van der Waals surface area contributed by atoms with Crippen molar-refractivity contribution in [1.82, 2.24) is 14.9 Å². The number of benzene rings is 1. The Labute approximate surface area is 195 Å². The molecule has 1 aliphatic rings. The summed E-state index contributed by atoms with van der Waals surface area (Å²) in [6.07, 6.45) is 3.70. The molecule has 1 fully saturated rings. The van der Waals surface area contributed by atoms with E-state index in [1.54, 1.807) is 18.2 Å². The Morgan fingerprint density at radius 3 is 2.53 bits per heavy atom. The van der Waals surface area contributed by atoms with Gasteiger partial charge in [0, 0.05) is 17.8 Å². The minimum atomic E-state index is -1.26. The minimum absolute atomic E-state index is 0.0592. The standard InChI is InChI=1S/C25H28FN3O5/c1-14-2-8-18(9-3-14)28-24(33)21-22(32)20-10-16(15-4-6-17(26)7-5-15)11-27-23(20)29(25(21)34)12-19(31)13-30/h4-7,10-11,14,18-19,30-32H,2-3,8-9,12-13H2,1H3,(H,28,33)/t14-,18+,19?. The number of halogens is 1. The Kier molecular flexibility index (Phi) is 6.95. The Hall–Kier alpha value is -3.30. The Morgan fingerprint density at radius 1 is 1.21 bits per heavy atom. The SMILES string of the molecule is C[C@H]1CC[C@@H](NC(=O)c2c(O)c3cc(-c4ccc(F)cc4)cnc3n(CC(O)CO)c2=O)CC1. The summed E-state index contributed by atoms with van der Waals surface area (Å²) in [5.74, 6) is -1.02. The summed E-state index contributed by atoms with van der Waals surface area (Å²) in [7, 11) is 0. The quantitative estimate of drug-likeness (QED) is 0.440. The molecule has 1 unspecified atom stereocenters. The number of aliphatic hydroxyl groups excluding tert-OH is 2. The third kappa shape index (κ3) is 4.80. The van der Waals surface area contributed by atoms with E-state index in [1.165, 1.54) is 18.3 Å². The number of aromatic hydroxyl groups is 1. The lowest BCUT2D eigenvalue weighted by molar-refractivity contribution is 0.0807. The van der Waals surface area contributed by atoms with Crippen LogP contribution in [0.5, 0.6) is 5.75 Å². The van der Waals surface area contributed by atoms with Gasteiger partial charge in [-0.15, -0.1) is 0 Å². The van der Waals surface area contributed by atoms with E-state index in [0.29, 0.717) is 17.0 Å². The first kappa shape index (κ1) is 23.8. The fraction of sp³-hybridized carbons (Fsp3) is 0.400. The summed E-state index contributed by atoms with van der Waals surface area (Å²) in [6.45, 7) is 1.25. The molecule has 180 valence electrons. The number of hydrogen-bond donors (Lipinski definition) is 4. The number of rotatable bonds is 6. The van der Waals surface area contributed by atoms with E-state index in [0.717, 1.165) is 30.3 Å². The molecule has 0 aliphatic heterocycles. The van der Waals surface area contributed by atoms with Gasteiger partial charge in [-0.3, -0.25) is 14.2 Å². The first-order valence-corrected chi connectivity index (χ1v) is 11.4. The zero-order chi connectivity index (χ0) is 24.4. The molecular weight excluding hydrogens is 441 g/mol. The van der Waals surface area contributed by atoms with Crippen LogP contribution in [0.2, 0.25) is 0 Å². The fourth-order valence-corrected chi connectivity index (χ4v) is 4.42. The highest BCUT2D eigenvalue weighted by Crippen LogP contribution is 2.30. The Bertz CT molecular complexity index is 1250. The van der Waals surface area contributed by atoms with Gasteiger partial charge in [-0.05, 0) is 55.4 Å². The van der Waals surface area contributed by atoms with E-state index in [2.05, 4.69) is 17.2 Å². The zero-order valence-electron chi connectivity index (χ0n) is 18.9. The van der Waals surface area contributed by atoms with Crippen LogP contribution in [0.1, 0.15) is 43.0 Å². The highest BCUT2D eigenvalue weighted by atomic mass is 19.1. The maximum Gasteiger partial charge on any atom is 0.268 e. The first-order valence-electron chi connectivity index (χ1n) is 11.4. The predicted octanol–water partition coefficient (Wildman–Crippen LogP) is 2.57. The highest BCUT2D eigenvalue weighted by molar-refractivity contribution is 6.02. The second-order valence-corrected chi connectivity index (χ2v) is 9.01. The van der Waals surface area contributed by atoms with Crippen LogP contribution >= 0.6 is 0 Å². The molecule has 4 rings (SSSR count). The second kappa shape index (κ2) is 9.90. The molecule has 1 amide bonds. The number of amides is 1. The minimum Gasteiger partial charge on any atom is -0.506 e. The number of fused-ring (bicyclic) bond motifs is 1. The van der Waals surface area contributed by atoms with Gasteiger partial charge in [0.25, 0.3) is 11.5 Å². The largest absolute Gasteiger partial charge is 0.506 e. The van der Waals surface area contributed by atoms with Gasteiger partial charge in [-0.2, -0.15) is 0 Å². The van der Waals surface area contributed by atoms with Gasteiger partial charge >= 0.3 is 0 Å². The van der Waals surface area contributed by atoms with Crippen molar-refractivity contribution in [3.8, 4) is 16.9 Å². The second-order valence-electron chi connectivity index (χ2n) is 9.01. The third-order valence-electron chi connectivity index (χ3n) is 6.43. The van der Waals surface area contributed by atoms with E-state index < -0.39 is 41.3 Å². The molecule has 3 aromatic rings. The lowest BCUT2D eigenvalue weighted by atomic mass is 9.87. The van der Waals surface area contributed by atoms with Crippen molar-refractivity contribution >= 4 is 16.9 Å². The van der Waals surface area contributed by atoms with Crippen LogP contribution in [-0.2, 0) is 6.54 Å². The molecular formula is C25H28FN3O5. The van der Waals surface area contributed by atoms with Crippen molar-refractivity contribution < 1.29 is 24.5 Å². The van der Waals surface area contributed by atoms with Crippen LogP contribution < -0.4 is 10.9 Å². The molecule has 0 radical (unpaired) electrons. The van der Waals surface area contributed by atoms with E-state index in [1.807, 2.05) is 0 Å². The van der Waals surface area contributed by atoms with Gasteiger partial charge in [0.05, 0.1) is 24.6 Å². The van der Waals surface area contributed by atoms with Gasteiger partial charge in [0.15, 0.2) is 0 Å². The number of nitrogens with zero attached hydrogens (tertiary/aromatic N) is 2. The van der Waals surface area contributed by atoms with Crippen molar-refractivity contribution in [1.29, 1.82) is 0 Å². The molecule has 9 heteroatoms. The Balaban J connectivity index is 1.82. The smallest absolute Gasteiger partial charge is 0.268 e. The van der Waals surface area contributed by atoms with Crippen LogP contribution in [0.15, 0.2) is 41.3 Å². The number of hydrogen-bond acceptors (Lipinski definition) is 6. The van der Waals surface area contributed by atoms with Crippen molar-refractivity contribution in [2.45, 2.75) is 51.3 Å². The Morgan fingerprint density at radius 2 is 1.88 bits per heavy atom. The normalized spacial score (nSPS) is 19.2. The molecule has 8 nitrogen and oxygen atoms in total. The highest BCUT2D eigenvalue weighted by Gasteiger charge is 2.27. The van der Waals surface area contributed by atoms with Crippen molar-refractivity contribution in [2.24, 2.45) is 5.92 Å². The average molecular weight is 470 g/mol. The number of carbonyl (C=O) groups is 1. The predicted molar refractivity (Wildman–Crippen MR) is 125 cm³/mol. The maximum atomic E-state index is 13.3. The van der Waals surface area contributed by atoms with Gasteiger partial charge in [0.1, 0.15) is 22.8 Å². The summed E-state index contributed by atoms with van der Waals surface area (Å²) in [6, 6.07) is 7.16. The van der Waals surface area contributed by atoms with Crippen LogP contribution in [0.3, 0.4) is 0 Å². The average Bonchev–Trinajstić information content (AvgIpc) is 2.83. The molecule has 1 saturated carbocycles. The molecule has 0 saturated heterocycles. The van der Waals surface area contributed by atoms with E-state index in [-0.39, 0.29) is 23.6 Å². The van der Waals surface area contributed by atoms with E-state index >= 15 is 0 Å². The van der Waals surface area contributed by atoms with Crippen LogP contribution in [0.25, 0.3) is 22.2 Å². The third-order valence-corrected chi connectivity index (χ3v) is 6.43. The molecule has 1 aliphatic carbocycles. The molecule has 1 aromatic carbocycles. The molecule has 1 atom stereocenters. The molecule has 2 heterocycles. The molecule has 2 aromatic heterocycles. The van der Waals surface area contributed by atoms with Gasteiger partial charge in [0.2, 0.25) is 0 Å². The summed E-state index contributed by atoms with van der Waals surface area (Å²) >= 11 is 0. The summed E-state index contributed by atoms with van der Waals surface area (Å²) in [5, 5.41) is 33.3. The lowest BCUT2D eigenvalue weighted by Crippen LogP contribution is -2.41. The van der Waals surface area contributed by atoms with Crippen LogP contribution in [0, 0.1) is 11.7 Å². The molecule has 4 N–H and O–H groups in total. The molecule has 0 bridgehead atoms. The summed E-state index contributed by atoms with van der Waals surface area (Å²) in [5.41, 5.74) is -0.00608. The number of carbonyl (C=O) groups excluding carboxylic acids is 1.